The number of benzene rings is 5. The van der Waals surface area contributed by atoms with Crippen molar-refractivity contribution in [3.8, 4) is 34.1 Å². The van der Waals surface area contributed by atoms with Gasteiger partial charge in [-0.3, -0.25) is 0 Å². The molecule has 0 spiro atoms. The van der Waals surface area contributed by atoms with Crippen molar-refractivity contribution >= 4 is 16.8 Å². The molecule has 0 radical (unpaired) electrons. The van der Waals surface area contributed by atoms with Gasteiger partial charge in [-0.2, -0.15) is 0 Å². The zero-order valence-electron chi connectivity index (χ0n) is 24.4. The number of ether oxygens (including phenoxy) is 4. The van der Waals surface area contributed by atoms with Gasteiger partial charge in [0.25, 0.3) is 0 Å². The summed E-state index contributed by atoms with van der Waals surface area (Å²) in [6.45, 7) is 1.99. The SMILES string of the molecule is CCC1(O)c2ccccc2-c2c1c1c(c3cc(OC)c(OC)cc23)OC(c2ccc(F)cc2)(c2ccc(OC)cc2)C=C1. The van der Waals surface area contributed by atoms with Crippen LogP contribution in [0.4, 0.5) is 4.39 Å². The second kappa shape index (κ2) is 9.89. The Kier molecular flexibility index (Phi) is 6.22. The monoisotopic (exact) mass is 574 g/mol. The molecule has 0 amide bonds. The van der Waals surface area contributed by atoms with Crippen molar-refractivity contribution < 1.29 is 28.4 Å². The van der Waals surface area contributed by atoms with Crippen LogP contribution < -0.4 is 18.9 Å². The Morgan fingerprint density at radius 3 is 2.05 bits per heavy atom. The average Bonchev–Trinajstić information content (AvgIpc) is 3.33. The summed E-state index contributed by atoms with van der Waals surface area (Å²) >= 11 is 0. The van der Waals surface area contributed by atoms with Gasteiger partial charge in [-0.05, 0) is 71.0 Å². The Labute approximate surface area is 249 Å². The fourth-order valence-corrected chi connectivity index (χ4v) is 6.75. The summed E-state index contributed by atoms with van der Waals surface area (Å²) in [5.74, 6) is 2.11. The van der Waals surface area contributed by atoms with Gasteiger partial charge < -0.3 is 24.1 Å². The summed E-state index contributed by atoms with van der Waals surface area (Å²) in [5.41, 5.74) is 3.62. The van der Waals surface area contributed by atoms with Gasteiger partial charge >= 0.3 is 0 Å². The van der Waals surface area contributed by atoms with Crippen molar-refractivity contribution in [2.75, 3.05) is 21.3 Å². The molecule has 43 heavy (non-hydrogen) atoms. The molecule has 1 N–H and O–H groups in total. The molecular formula is C37H31FO5. The van der Waals surface area contributed by atoms with Crippen molar-refractivity contribution in [1.29, 1.82) is 0 Å². The molecule has 5 nitrogen and oxygen atoms in total. The molecule has 0 fully saturated rings. The minimum absolute atomic E-state index is 0.334. The Morgan fingerprint density at radius 1 is 0.791 bits per heavy atom. The third-order valence-corrected chi connectivity index (χ3v) is 8.91. The molecule has 0 saturated heterocycles. The first-order valence-corrected chi connectivity index (χ1v) is 14.3. The summed E-state index contributed by atoms with van der Waals surface area (Å²) in [5, 5.41) is 14.1. The van der Waals surface area contributed by atoms with E-state index in [2.05, 4.69) is 6.07 Å². The largest absolute Gasteiger partial charge is 0.497 e. The number of hydrogen-bond donors (Lipinski definition) is 1. The first kappa shape index (κ1) is 27.0. The maximum absolute atomic E-state index is 14.2. The van der Waals surface area contributed by atoms with Crippen molar-refractivity contribution in [1.82, 2.24) is 0 Å². The van der Waals surface area contributed by atoms with Gasteiger partial charge in [0.1, 0.15) is 22.9 Å². The van der Waals surface area contributed by atoms with Crippen LogP contribution in [0.1, 0.15) is 41.2 Å². The standard InChI is InChI=1S/C37H31FO5/c1-5-36(39)30-9-7-6-8-26(30)33-28-20-31(41-3)32(42-4)21-29(28)35-27(34(33)36)18-19-37(43-35,22-10-14-24(38)15-11-22)23-12-16-25(40-2)17-13-23/h6-21,39H,5H2,1-4H3. The highest BCUT2D eigenvalue weighted by Crippen LogP contribution is 2.59. The summed E-state index contributed by atoms with van der Waals surface area (Å²) in [7, 11) is 4.84. The van der Waals surface area contributed by atoms with E-state index in [1.165, 1.54) is 12.1 Å². The van der Waals surface area contributed by atoms with E-state index in [0.717, 1.165) is 49.7 Å². The van der Waals surface area contributed by atoms with Crippen LogP contribution in [0.2, 0.25) is 0 Å². The zero-order chi connectivity index (χ0) is 29.9. The molecule has 5 aromatic carbocycles. The molecule has 7 rings (SSSR count). The Hall–Kier alpha value is -4.81. The number of hydrogen-bond acceptors (Lipinski definition) is 5. The number of aliphatic hydroxyl groups is 1. The fraction of sp³-hybridized carbons (Fsp3) is 0.189. The van der Waals surface area contributed by atoms with Crippen LogP contribution >= 0.6 is 0 Å². The highest BCUT2D eigenvalue weighted by atomic mass is 19.1. The molecule has 1 aliphatic heterocycles. The molecular weight excluding hydrogens is 543 g/mol. The van der Waals surface area contributed by atoms with Crippen molar-refractivity contribution in [3.63, 3.8) is 0 Å². The minimum Gasteiger partial charge on any atom is -0.497 e. The smallest absolute Gasteiger partial charge is 0.178 e. The number of fused-ring (bicyclic) bond motifs is 8. The van der Waals surface area contributed by atoms with E-state index in [-0.39, 0.29) is 5.82 Å². The highest BCUT2D eigenvalue weighted by Gasteiger charge is 2.47. The van der Waals surface area contributed by atoms with Crippen LogP contribution in [0, 0.1) is 5.82 Å². The van der Waals surface area contributed by atoms with Gasteiger partial charge in [0.05, 0.1) is 21.3 Å². The first-order chi connectivity index (χ1) is 20.9. The topological polar surface area (TPSA) is 57.2 Å². The van der Waals surface area contributed by atoms with E-state index in [1.54, 1.807) is 33.5 Å². The number of halogens is 1. The lowest BCUT2D eigenvalue weighted by Gasteiger charge is -2.38. The van der Waals surface area contributed by atoms with E-state index in [1.807, 2.05) is 73.7 Å². The third-order valence-electron chi connectivity index (χ3n) is 8.91. The molecule has 6 heteroatoms. The highest BCUT2D eigenvalue weighted by molar-refractivity contribution is 6.09. The Bertz CT molecular complexity index is 1910. The maximum Gasteiger partial charge on any atom is 0.178 e. The first-order valence-electron chi connectivity index (χ1n) is 14.3. The van der Waals surface area contributed by atoms with E-state index in [0.29, 0.717) is 29.4 Å². The lowest BCUT2D eigenvalue weighted by atomic mass is 9.79. The van der Waals surface area contributed by atoms with Crippen LogP contribution in [0.5, 0.6) is 23.0 Å². The molecule has 0 bridgehead atoms. The Balaban J connectivity index is 1.59. The predicted molar refractivity (Wildman–Crippen MR) is 166 cm³/mol. The Morgan fingerprint density at radius 2 is 1.42 bits per heavy atom. The maximum atomic E-state index is 14.2. The molecule has 2 aliphatic rings. The average molecular weight is 575 g/mol. The van der Waals surface area contributed by atoms with Crippen LogP contribution in [0.25, 0.3) is 28.0 Å². The molecule has 216 valence electrons. The summed E-state index contributed by atoms with van der Waals surface area (Å²) in [6.07, 6.45) is 4.50. The summed E-state index contributed by atoms with van der Waals surface area (Å²) in [4.78, 5) is 0. The molecule has 5 aromatic rings. The summed E-state index contributed by atoms with van der Waals surface area (Å²) < 4.78 is 38.3. The molecule has 1 heterocycles. The van der Waals surface area contributed by atoms with Gasteiger partial charge in [-0.15, -0.1) is 0 Å². The number of methoxy groups -OCH3 is 3. The second-order valence-corrected chi connectivity index (χ2v) is 10.9. The number of rotatable bonds is 6. The molecule has 1 aliphatic carbocycles. The van der Waals surface area contributed by atoms with Gasteiger partial charge in [0.15, 0.2) is 17.1 Å². The van der Waals surface area contributed by atoms with Crippen molar-refractivity contribution in [2.45, 2.75) is 24.5 Å². The molecule has 0 saturated carbocycles. The quantitative estimate of drug-likeness (QED) is 0.223. The zero-order valence-corrected chi connectivity index (χ0v) is 24.4. The molecule has 2 unspecified atom stereocenters. The van der Waals surface area contributed by atoms with Gasteiger partial charge in [0.2, 0.25) is 0 Å². The minimum atomic E-state index is -1.24. The van der Waals surface area contributed by atoms with Crippen LogP contribution in [-0.2, 0) is 11.2 Å². The van der Waals surface area contributed by atoms with E-state index in [4.69, 9.17) is 18.9 Å². The van der Waals surface area contributed by atoms with Crippen molar-refractivity contribution in [3.05, 3.63) is 125 Å². The molecule has 0 aromatic heterocycles. The van der Waals surface area contributed by atoms with E-state index >= 15 is 0 Å². The van der Waals surface area contributed by atoms with E-state index in [9.17, 15) is 9.50 Å². The molecule has 2 atom stereocenters. The third kappa shape index (κ3) is 3.79. The predicted octanol–water partition coefficient (Wildman–Crippen LogP) is 7.98. The van der Waals surface area contributed by atoms with E-state index < -0.39 is 11.2 Å². The van der Waals surface area contributed by atoms with Gasteiger partial charge in [-0.1, -0.05) is 61.5 Å². The van der Waals surface area contributed by atoms with Gasteiger partial charge in [-0.25, -0.2) is 4.39 Å². The van der Waals surface area contributed by atoms with Gasteiger partial charge in [0, 0.05) is 27.6 Å². The normalized spacial score (nSPS) is 19.8. The summed E-state index contributed by atoms with van der Waals surface area (Å²) in [6, 6.07) is 25.9. The van der Waals surface area contributed by atoms with Crippen molar-refractivity contribution in [2.24, 2.45) is 0 Å². The van der Waals surface area contributed by atoms with Crippen LogP contribution in [-0.4, -0.2) is 26.4 Å². The van der Waals surface area contributed by atoms with Crippen LogP contribution in [0.15, 0.2) is 91.0 Å². The van der Waals surface area contributed by atoms with Crippen LogP contribution in [0.3, 0.4) is 0 Å². The fourth-order valence-electron chi connectivity index (χ4n) is 6.75. The second-order valence-electron chi connectivity index (χ2n) is 10.9. The lowest BCUT2D eigenvalue weighted by molar-refractivity contribution is 0.0801. The lowest BCUT2D eigenvalue weighted by Crippen LogP contribution is -2.35.